The Morgan fingerprint density at radius 3 is 2.31 bits per heavy atom. The van der Waals surface area contributed by atoms with E-state index >= 15 is 0 Å². The topological polar surface area (TPSA) is 81.2 Å². The Morgan fingerprint density at radius 2 is 1.51 bits per heavy atom. The van der Waals surface area contributed by atoms with Crippen molar-refractivity contribution < 1.29 is 14.3 Å². The number of esters is 1. The molecule has 0 aliphatic rings. The molecule has 5 aromatic rings. The van der Waals surface area contributed by atoms with Gasteiger partial charge in [-0.1, -0.05) is 48.5 Å². The highest BCUT2D eigenvalue weighted by molar-refractivity contribution is 6.13. The molecule has 35 heavy (non-hydrogen) atoms. The number of amides is 1. The fourth-order valence-electron chi connectivity index (χ4n) is 4.07. The van der Waals surface area contributed by atoms with Gasteiger partial charge in [-0.25, -0.2) is 4.79 Å². The third-order valence-corrected chi connectivity index (χ3v) is 5.72. The fourth-order valence-corrected chi connectivity index (χ4v) is 4.07. The molecule has 0 saturated heterocycles. The van der Waals surface area contributed by atoms with Crippen LogP contribution in [0.1, 0.15) is 20.7 Å². The van der Waals surface area contributed by atoms with Gasteiger partial charge < -0.3 is 10.1 Å². The summed E-state index contributed by atoms with van der Waals surface area (Å²) in [7, 11) is 1.33. The van der Waals surface area contributed by atoms with Crippen LogP contribution < -0.4 is 5.32 Å². The van der Waals surface area contributed by atoms with Crippen LogP contribution in [0.3, 0.4) is 0 Å². The number of rotatable bonds is 5. The lowest BCUT2D eigenvalue weighted by atomic mass is 9.91. The van der Waals surface area contributed by atoms with Crippen molar-refractivity contribution in [3.8, 4) is 22.4 Å². The zero-order chi connectivity index (χ0) is 24.2. The number of methoxy groups -OCH3 is 1. The molecule has 1 N–H and O–H groups in total. The molecule has 0 radical (unpaired) electrons. The van der Waals surface area contributed by atoms with Gasteiger partial charge in [0.25, 0.3) is 5.91 Å². The van der Waals surface area contributed by atoms with E-state index in [4.69, 9.17) is 4.74 Å². The van der Waals surface area contributed by atoms with E-state index < -0.39 is 5.97 Å². The summed E-state index contributed by atoms with van der Waals surface area (Å²) in [6.07, 6.45) is 3.41. The highest BCUT2D eigenvalue weighted by atomic mass is 16.5. The molecule has 0 aliphatic carbocycles. The van der Waals surface area contributed by atoms with Crippen LogP contribution in [0.4, 0.5) is 5.69 Å². The first kappa shape index (κ1) is 22.0. The van der Waals surface area contributed by atoms with Crippen molar-refractivity contribution in [2.75, 3.05) is 12.4 Å². The average Bonchev–Trinajstić information content (AvgIpc) is 2.93. The Balaban J connectivity index is 1.64. The zero-order valence-corrected chi connectivity index (χ0v) is 18.9. The third kappa shape index (κ3) is 4.37. The molecule has 0 aliphatic heterocycles. The van der Waals surface area contributed by atoms with E-state index in [0.29, 0.717) is 27.9 Å². The molecule has 5 rings (SSSR count). The van der Waals surface area contributed by atoms with E-state index in [9.17, 15) is 9.59 Å². The van der Waals surface area contributed by atoms with Crippen LogP contribution in [0, 0.1) is 0 Å². The number of pyridine rings is 2. The molecule has 0 spiro atoms. The smallest absolute Gasteiger partial charge is 0.337 e. The molecule has 170 valence electrons. The van der Waals surface area contributed by atoms with Crippen LogP contribution in [0.25, 0.3) is 33.3 Å². The largest absolute Gasteiger partial charge is 0.465 e. The van der Waals surface area contributed by atoms with Gasteiger partial charge in [0.05, 0.1) is 29.6 Å². The Hall–Kier alpha value is -4.84. The van der Waals surface area contributed by atoms with Gasteiger partial charge in [-0.3, -0.25) is 14.8 Å². The number of hydrogen-bond acceptors (Lipinski definition) is 5. The lowest BCUT2D eigenvalue weighted by Crippen LogP contribution is -2.15. The van der Waals surface area contributed by atoms with Gasteiger partial charge in [-0.15, -0.1) is 0 Å². The van der Waals surface area contributed by atoms with Gasteiger partial charge in [0.1, 0.15) is 0 Å². The maximum absolute atomic E-state index is 13.6. The molecule has 0 atom stereocenters. The number of aromatic nitrogens is 2. The number of carbonyl (C=O) groups excluding carboxylic acids is 2. The summed E-state index contributed by atoms with van der Waals surface area (Å²) < 4.78 is 4.93. The first-order chi connectivity index (χ1) is 17.2. The summed E-state index contributed by atoms with van der Waals surface area (Å²) in [5.74, 6) is -0.794. The number of ether oxygens (including phenoxy) is 1. The number of nitrogens with one attached hydrogen (secondary N) is 1. The van der Waals surface area contributed by atoms with Gasteiger partial charge in [-0.2, -0.15) is 0 Å². The van der Waals surface area contributed by atoms with Crippen LogP contribution in [0.5, 0.6) is 0 Å². The van der Waals surface area contributed by atoms with Crippen LogP contribution in [0.15, 0.2) is 103 Å². The zero-order valence-electron chi connectivity index (χ0n) is 18.9. The monoisotopic (exact) mass is 459 g/mol. The first-order valence-electron chi connectivity index (χ1n) is 11.0. The lowest BCUT2D eigenvalue weighted by molar-refractivity contribution is 0.0600. The van der Waals surface area contributed by atoms with E-state index in [-0.39, 0.29) is 5.91 Å². The molecule has 1 amide bonds. The number of para-hydroxylation sites is 1. The highest BCUT2D eigenvalue weighted by Gasteiger charge is 2.20. The van der Waals surface area contributed by atoms with Crippen molar-refractivity contribution >= 4 is 28.5 Å². The Bertz CT molecular complexity index is 1540. The van der Waals surface area contributed by atoms with Crippen LogP contribution >= 0.6 is 0 Å². The van der Waals surface area contributed by atoms with Crippen molar-refractivity contribution in [3.63, 3.8) is 0 Å². The van der Waals surface area contributed by atoms with Crippen molar-refractivity contribution in [2.24, 2.45) is 0 Å². The number of benzene rings is 3. The van der Waals surface area contributed by atoms with Crippen molar-refractivity contribution in [3.05, 3.63) is 115 Å². The molecule has 2 aromatic heterocycles. The molecule has 3 aromatic carbocycles. The fraction of sp³-hybridized carbons (Fsp3) is 0.0345. The average molecular weight is 460 g/mol. The number of carbonyl (C=O) groups is 2. The second-order valence-corrected chi connectivity index (χ2v) is 7.85. The second-order valence-electron chi connectivity index (χ2n) is 7.85. The first-order valence-corrected chi connectivity index (χ1v) is 11.0. The van der Waals surface area contributed by atoms with Crippen molar-refractivity contribution in [1.82, 2.24) is 9.97 Å². The second kappa shape index (κ2) is 9.57. The van der Waals surface area contributed by atoms with Crippen LogP contribution in [0.2, 0.25) is 0 Å². The number of hydrogen-bond donors (Lipinski definition) is 1. The highest BCUT2D eigenvalue weighted by Crippen LogP contribution is 2.34. The van der Waals surface area contributed by atoms with Gasteiger partial charge in [0.15, 0.2) is 0 Å². The molecule has 6 nitrogen and oxygen atoms in total. The van der Waals surface area contributed by atoms with E-state index in [0.717, 1.165) is 22.2 Å². The van der Waals surface area contributed by atoms with E-state index in [2.05, 4.69) is 15.3 Å². The number of nitrogens with zero attached hydrogens (tertiary/aromatic N) is 2. The maximum Gasteiger partial charge on any atom is 0.337 e. The van der Waals surface area contributed by atoms with Crippen LogP contribution in [-0.2, 0) is 4.74 Å². The summed E-state index contributed by atoms with van der Waals surface area (Å²) in [5, 5.41) is 3.92. The summed E-state index contributed by atoms with van der Waals surface area (Å²) in [6.45, 7) is 0. The number of fused-ring (bicyclic) bond motifs is 1. The van der Waals surface area contributed by atoms with E-state index in [1.54, 1.807) is 30.6 Å². The van der Waals surface area contributed by atoms with Gasteiger partial charge in [-0.05, 0) is 53.6 Å². The molecule has 0 fully saturated rings. The molecule has 6 heteroatoms. The molecular formula is C29H21N3O3. The minimum atomic E-state index is -0.480. The lowest BCUT2D eigenvalue weighted by Gasteiger charge is -2.15. The quantitative estimate of drug-likeness (QED) is 0.326. The minimum absolute atomic E-state index is 0.314. The van der Waals surface area contributed by atoms with Gasteiger partial charge in [0.2, 0.25) is 0 Å². The van der Waals surface area contributed by atoms with Gasteiger partial charge in [0, 0.05) is 28.9 Å². The van der Waals surface area contributed by atoms with E-state index in [1.807, 2.05) is 72.8 Å². The predicted molar refractivity (Wildman–Crippen MR) is 136 cm³/mol. The summed E-state index contributed by atoms with van der Waals surface area (Å²) >= 11 is 0. The summed E-state index contributed by atoms with van der Waals surface area (Å²) in [5.41, 5.74) is 5.04. The maximum atomic E-state index is 13.6. The predicted octanol–water partition coefficient (Wildman–Crippen LogP) is 6.00. The SMILES string of the molecule is COC(=O)c1ccc(C(=O)Nc2cccc3cccnc23)c(-c2ccccc2-c2ccccn2)c1. The summed E-state index contributed by atoms with van der Waals surface area (Å²) in [4.78, 5) is 34.8. The standard InChI is InChI=1S/C29H21N3O3/c1-35-29(34)20-14-15-23(28(33)32-26-13-6-8-19-9-7-17-31-27(19)26)24(18-20)21-10-2-3-11-22(21)25-12-4-5-16-30-25/h2-18H,1H3,(H,32,33). The number of anilines is 1. The molecular weight excluding hydrogens is 438 g/mol. The minimum Gasteiger partial charge on any atom is -0.465 e. The van der Waals surface area contributed by atoms with Crippen molar-refractivity contribution in [1.29, 1.82) is 0 Å². The summed E-state index contributed by atoms with van der Waals surface area (Å²) in [6, 6.07) is 27.7. The van der Waals surface area contributed by atoms with Gasteiger partial charge >= 0.3 is 5.97 Å². The molecule has 2 heterocycles. The molecule has 0 saturated carbocycles. The normalized spacial score (nSPS) is 10.7. The molecule has 0 bridgehead atoms. The van der Waals surface area contributed by atoms with E-state index in [1.165, 1.54) is 7.11 Å². The Labute approximate surface area is 202 Å². The third-order valence-electron chi connectivity index (χ3n) is 5.72. The Morgan fingerprint density at radius 1 is 0.743 bits per heavy atom. The Kier molecular flexibility index (Phi) is 6.01. The van der Waals surface area contributed by atoms with Crippen LogP contribution in [-0.4, -0.2) is 29.0 Å². The molecule has 0 unspecified atom stereocenters. The van der Waals surface area contributed by atoms with Crippen molar-refractivity contribution in [2.45, 2.75) is 0 Å².